The molecule has 0 radical (unpaired) electrons. The van der Waals surface area contributed by atoms with Crippen LogP contribution in [0.4, 0.5) is 4.79 Å². The van der Waals surface area contributed by atoms with Crippen molar-refractivity contribution >= 4 is 18.0 Å². The third kappa shape index (κ3) is 36.3. The fraction of sp³-hybridized carbons (Fsp3) is 0.906. The van der Waals surface area contributed by atoms with Gasteiger partial charge in [0.25, 0.3) is 0 Å². The quantitative estimate of drug-likeness (QED) is 0.0828. The van der Waals surface area contributed by atoms with Crippen molar-refractivity contribution in [2.45, 2.75) is 110 Å². The van der Waals surface area contributed by atoms with E-state index in [0.29, 0.717) is 92.1 Å². The van der Waals surface area contributed by atoms with E-state index in [1.54, 1.807) is 0 Å². The van der Waals surface area contributed by atoms with Crippen molar-refractivity contribution in [3.8, 4) is 0 Å². The lowest BCUT2D eigenvalue weighted by Gasteiger charge is -2.19. The van der Waals surface area contributed by atoms with Crippen LogP contribution in [0.1, 0.15) is 97.8 Å². The van der Waals surface area contributed by atoms with Gasteiger partial charge in [0.05, 0.1) is 59.5 Å². The third-order valence-corrected chi connectivity index (χ3v) is 6.21. The second-order valence-electron chi connectivity index (χ2n) is 11.7. The molecule has 0 rings (SSSR count). The monoisotopic (exact) mass is 651 g/mol. The van der Waals surface area contributed by atoms with Crippen molar-refractivity contribution in [3.05, 3.63) is 0 Å². The van der Waals surface area contributed by atoms with Gasteiger partial charge in [0.1, 0.15) is 11.7 Å². The van der Waals surface area contributed by atoms with Gasteiger partial charge in [0.2, 0.25) is 0 Å². The van der Waals surface area contributed by atoms with Crippen molar-refractivity contribution in [1.82, 2.24) is 5.32 Å². The molecule has 3 N–H and O–H groups in total. The van der Waals surface area contributed by atoms with Gasteiger partial charge in [-0.15, -0.1) is 0 Å². The Morgan fingerprint density at radius 2 is 0.978 bits per heavy atom. The molecule has 0 aliphatic heterocycles. The van der Waals surface area contributed by atoms with E-state index in [1.165, 1.54) is 0 Å². The third-order valence-electron chi connectivity index (χ3n) is 6.21. The number of hydrogen-bond acceptors (Lipinski definition) is 10. The first-order chi connectivity index (χ1) is 21.6. The fourth-order valence-electron chi connectivity index (χ4n) is 3.94. The number of unbranched alkanes of at least 4 members (excludes halogenated alkanes) is 8. The van der Waals surface area contributed by atoms with Gasteiger partial charge >= 0.3 is 18.0 Å². The lowest BCUT2D eigenvalue weighted by atomic mass is 10.1. The first kappa shape index (κ1) is 43.0. The van der Waals surface area contributed by atoms with Gasteiger partial charge in [-0.1, -0.05) is 38.5 Å². The molecule has 1 amide bonds. The van der Waals surface area contributed by atoms with Crippen LogP contribution in [0.2, 0.25) is 0 Å². The van der Waals surface area contributed by atoms with Crippen LogP contribution in [-0.2, 0) is 42.7 Å². The molecular weight excluding hydrogens is 590 g/mol. The number of carbonyl (C=O) groups excluding carboxylic acids is 1. The lowest BCUT2D eigenvalue weighted by Crippen LogP contribution is -2.34. The van der Waals surface area contributed by atoms with Gasteiger partial charge in [0, 0.05) is 32.6 Å². The zero-order valence-corrected chi connectivity index (χ0v) is 28.0. The van der Waals surface area contributed by atoms with Crippen LogP contribution in [-0.4, -0.2) is 119 Å². The molecule has 0 aromatic rings. The van der Waals surface area contributed by atoms with E-state index in [1.807, 2.05) is 20.8 Å². The Bertz CT molecular complexity index is 717. The highest BCUT2D eigenvalue weighted by atomic mass is 16.6. The summed E-state index contributed by atoms with van der Waals surface area (Å²) in [7, 11) is 0. The van der Waals surface area contributed by atoms with E-state index in [9.17, 15) is 14.4 Å². The summed E-state index contributed by atoms with van der Waals surface area (Å²) in [6, 6.07) is 0. The van der Waals surface area contributed by atoms with E-state index in [4.69, 9.17) is 43.4 Å². The Morgan fingerprint density at radius 1 is 0.556 bits per heavy atom. The van der Waals surface area contributed by atoms with Gasteiger partial charge in [-0.25, -0.2) is 4.79 Å². The predicted octanol–water partition coefficient (Wildman–Crippen LogP) is 4.83. The first-order valence-corrected chi connectivity index (χ1v) is 16.5. The van der Waals surface area contributed by atoms with Crippen LogP contribution in [0.5, 0.6) is 0 Å². The van der Waals surface area contributed by atoms with E-state index < -0.39 is 23.6 Å². The van der Waals surface area contributed by atoms with Crippen molar-refractivity contribution in [2.75, 3.05) is 79.2 Å². The van der Waals surface area contributed by atoms with Crippen molar-refractivity contribution in [1.29, 1.82) is 0 Å². The van der Waals surface area contributed by atoms with Crippen molar-refractivity contribution in [3.63, 3.8) is 0 Å². The van der Waals surface area contributed by atoms with E-state index in [0.717, 1.165) is 51.4 Å². The number of carboxylic acids is 2. The number of aliphatic carboxylic acids is 2. The molecule has 0 aromatic carbocycles. The maximum atomic E-state index is 11.5. The SMILES string of the molecule is CC(C)(C)OC(=O)NCCOCCOCCOCCOCC(COCCCCCCCC(=O)O)OCCCCCCCC(=O)O. The highest BCUT2D eigenvalue weighted by Gasteiger charge is 2.15. The molecule has 0 aliphatic rings. The number of carboxylic acid groups (broad SMARTS) is 2. The largest absolute Gasteiger partial charge is 0.481 e. The minimum absolute atomic E-state index is 0.185. The highest BCUT2D eigenvalue weighted by molar-refractivity contribution is 5.67. The molecule has 1 atom stereocenters. The lowest BCUT2D eigenvalue weighted by molar-refractivity contribution is -0.138. The number of carbonyl (C=O) groups is 3. The molecule has 0 aliphatic carbocycles. The molecule has 0 bridgehead atoms. The van der Waals surface area contributed by atoms with Crippen LogP contribution in [0.3, 0.4) is 0 Å². The molecule has 0 aromatic heterocycles. The Kier molecular flexibility index (Phi) is 29.2. The number of hydrogen-bond donors (Lipinski definition) is 3. The van der Waals surface area contributed by atoms with Gasteiger partial charge in [-0.3, -0.25) is 9.59 Å². The minimum Gasteiger partial charge on any atom is -0.481 e. The van der Waals surface area contributed by atoms with Gasteiger partial charge in [-0.2, -0.15) is 0 Å². The number of ether oxygens (including phenoxy) is 7. The van der Waals surface area contributed by atoms with E-state index >= 15 is 0 Å². The Labute approximate surface area is 269 Å². The molecule has 266 valence electrons. The predicted molar refractivity (Wildman–Crippen MR) is 169 cm³/mol. The summed E-state index contributed by atoms with van der Waals surface area (Å²) < 4.78 is 39.2. The minimum atomic E-state index is -0.747. The summed E-state index contributed by atoms with van der Waals surface area (Å²) in [6.45, 7) is 10.8. The first-order valence-electron chi connectivity index (χ1n) is 16.5. The molecule has 13 heteroatoms. The second-order valence-corrected chi connectivity index (χ2v) is 11.7. The molecule has 0 saturated heterocycles. The maximum Gasteiger partial charge on any atom is 0.407 e. The van der Waals surface area contributed by atoms with Crippen LogP contribution in [0.25, 0.3) is 0 Å². The molecule has 0 fully saturated rings. The van der Waals surface area contributed by atoms with E-state index in [-0.39, 0.29) is 18.9 Å². The summed E-state index contributed by atoms with van der Waals surface area (Å²) in [5, 5.41) is 20.0. The summed E-state index contributed by atoms with van der Waals surface area (Å²) in [5.74, 6) is -1.49. The van der Waals surface area contributed by atoms with Gasteiger partial charge in [0.15, 0.2) is 0 Å². The van der Waals surface area contributed by atoms with Crippen LogP contribution >= 0.6 is 0 Å². The fourth-order valence-corrected chi connectivity index (χ4v) is 3.94. The average molecular weight is 652 g/mol. The maximum absolute atomic E-state index is 11.5. The molecule has 13 nitrogen and oxygen atoms in total. The van der Waals surface area contributed by atoms with Crippen LogP contribution in [0.15, 0.2) is 0 Å². The number of alkyl carbamates (subject to hydrolysis) is 1. The summed E-state index contributed by atoms with van der Waals surface area (Å²) >= 11 is 0. The summed E-state index contributed by atoms with van der Waals surface area (Å²) in [5.41, 5.74) is -0.527. The Morgan fingerprint density at radius 3 is 1.49 bits per heavy atom. The van der Waals surface area contributed by atoms with E-state index in [2.05, 4.69) is 5.32 Å². The Hall–Kier alpha value is -2.03. The number of amides is 1. The number of nitrogens with one attached hydrogen (secondary N) is 1. The zero-order chi connectivity index (χ0) is 33.4. The summed E-state index contributed by atoms with van der Waals surface area (Å²) in [6.07, 6.45) is 8.85. The highest BCUT2D eigenvalue weighted by Crippen LogP contribution is 2.09. The standard InChI is InChI=1S/C32H61NO12/c1-32(2,3)45-31(38)33-16-19-39-20-21-40-22-23-41-24-25-43-27-28(44-18-13-9-5-7-11-15-30(36)37)26-42-17-12-8-4-6-10-14-29(34)35/h28H,4-27H2,1-3H3,(H,33,38)(H,34,35)(H,36,37). The topological polar surface area (TPSA) is 168 Å². The zero-order valence-electron chi connectivity index (χ0n) is 28.0. The number of rotatable bonds is 33. The molecule has 45 heavy (non-hydrogen) atoms. The van der Waals surface area contributed by atoms with Crippen LogP contribution < -0.4 is 5.32 Å². The molecular formula is C32H61NO12. The molecule has 1 unspecified atom stereocenters. The van der Waals surface area contributed by atoms with Crippen molar-refractivity contribution in [2.24, 2.45) is 0 Å². The normalized spacial score (nSPS) is 12.2. The smallest absolute Gasteiger partial charge is 0.407 e. The summed E-state index contributed by atoms with van der Waals surface area (Å²) in [4.78, 5) is 32.7. The van der Waals surface area contributed by atoms with Gasteiger partial charge < -0.3 is 48.7 Å². The van der Waals surface area contributed by atoms with Gasteiger partial charge in [-0.05, 0) is 46.5 Å². The molecule has 0 saturated carbocycles. The molecule has 0 heterocycles. The van der Waals surface area contributed by atoms with Crippen LogP contribution in [0, 0.1) is 0 Å². The van der Waals surface area contributed by atoms with Crippen molar-refractivity contribution < 1.29 is 57.8 Å². The Balaban J connectivity index is 3.89. The molecule has 0 spiro atoms. The average Bonchev–Trinajstić information content (AvgIpc) is 2.96. The second kappa shape index (κ2) is 30.6.